The molecule has 8 unspecified atom stereocenters. The summed E-state index contributed by atoms with van der Waals surface area (Å²) in [5.74, 6) is 4.13. The SMILES string of the molecule is C=CC.CC1(C)NCCC2(C)C1CCC1(C)C3CCC4(C=O)CCCC4C3CCC12. The Morgan fingerprint density at radius 1 is 0.833 bits per heavy atom. The third-order valence-electron chi connectivity index (χ3n) is 11.2. The van der Waals surface area contributed by atoms with Gasteiger partial charge in [-0.05, 0) is 126 Å². The lowest BCUT2D eigenvalue weighted by Crippen LogP contribution is -2.66. The predicted octanol–water partition coefficient (Wildman–Crippen LogP) is 6.79. The maximum Gasteiger partial charge on any atom is 0.126 e. The van der Waals surface area contributed by atoms with Gasteiger partial charge in [0.25, 0.3) is 0 Å². The lowest BCUT2D eigenvalue weighted by molar-refractivity contribution is -0.185. The van der Waals surface area contributed by atoms with Crippen molar-refractivity contribution in [2.24, 2.45) is 45.8 Å². The number of allylic oxidation sites excluding steroid dienone is 1. The van der Waals surface area contributed by atoms with Crippen LogP contribution in [-0.4, -0.2) is 18.4 Å². The number of carbonyl (C=O) groups is 1. The lowest BCUT2D eigenvalue weighted by atomic mass is 9.38. The van der Waals surface area contributed by atoms with Crippen molar-refractivity contribution in [2.75, 3.05) is 6.54 Å². The minimum Gasteiger partial charge on any atom is -0.311 e. The van der Waals surface area contributed by atoms with Gasteiger partial charge in [-0.2, -0.15) is 0 Å². The third-order valence-corrected chi connectivity index (χ3v) is 11.2. The van der Waals surface area contributed by atoms with Crippen LogP contribution in [0.3, 0.4) is 0 Å². The normalized spacial score (nSPS) is 51.2. The number of aldehydes is 1. The summed E-state index contributed by atoms with van der Waals surface area (Å²) >= 11 is 0. The van der Waals surface area contributed by atoms with E-state index in [1.165, 1.54) is 77.0 Å². The van der Waals surface area contributed by atoms with Gasteiger partial charge in [0.05, 0.1) is 0 Å². The number of rotatable bonds is 1. The van der Waals surface area contributed by atoms with Crippen LogP contribution in [0.25, 0.3) is 0 Å². The Kier molecular flexibility index (Phi) is 5.83. The van der Waals surface area contributed by atoms with Crippen molar-refractivity contribution < 1.29 is 4.79 Å². The zero-order chi connectivity index (χ0) is 21.8. The molecule has 0 radical (unpaired) electrons. The topological polar surface area (TPSA) is 29.1 Å². The summed E-state index contributed by atoms with van der Waals surface area (Å²) in [7, 11) is 0. The Hall–Kier alpha value is -0.630. The molecular formula is C28H47NO. The first-order valence-corrected chi connectivity index (χ1v) is 13.0. The summed E-state index contributed by atoms with van der Waals surface area (Å²) in [5, 5.41) is 3.85. The highest BCUT2D eigenvalue weighted by molar-refractivity contribution is 5.61. The first kappa shape index (κ1) is 22.6. The van der Waals surface area contributed by atoms with Gasteiger partial charge in [0, 0.05) is 11.0 Å². The molecule has 170 valence electrons. The summed E-state index contributed by atoms with van der Waals surface area (Å²) in [4.78, 5) is 12.1. The predicted molar refractivity (Wildman–Crippen MR) is 126 cm³/mol. The highest BCUT2D eigenvalue weighted by atomic mass is 16.1. The third kappa shape index (κ3) is 3.10. The molecule has 1 heterocycles. The van der Waals surface area contributed by atoms with Gasteiger partial charge in [-0.15, -0.1) is 6.58 Å². The van der Waals surface area contributed by atoms with E-state index in [2.05, 4.69) is 39.6 Å². The number of piperidine rings is 1. The van der Waals surface area contributed by atoms with Crippen LogP contribution in [0, 0.1) is 45.8 Å². The van der Waals surface area contributed by atoms with Crippen LogP contribution < -0.4 is 5.32 Å². The zero-order valence-electron chi connectivity index (χ0n) is 20.4. The molecule has 5 aliphatic rings. The van der Waals surface area contributed by atoms with Crippen molar-refractivity contribution in [3.63, 3.8) is 0 Å². The maximum atomic E-state index is 12.1. The molecule has 1 aliphatic heterocycles. The van der Waals surface area contributed by atoms with Crippen LogP contribution in [0.5, 0.6) is 0 Å². The van der Waals surface area contributed by atoms with E-state index in [1.807, 2.05) is 6.92 Å². The van der Waals surface area contributed by atoms with Crippen LogP contribution in [-0.2, 0) is 4.79 Å². The summed E-state index contributed by atoms with van der Waals surface area (Å²) in [6, 6.07) is 0. The number of carbonyl (C=O) groups excluding carboxylic acids is 1. The summed E-state index contributed by atoms with van der Waals surface area (Å²) in [6.07, 6.45) is 16.5. The minimum absolute atomic E-state index is 0.0716. The minimum atomic E-state index is 0.0716. The van der Waals surface area contributed by atoms with Gasteiger partial charge in [-0.1, -0.05) is 26.3 Å². The average molecular weight is 414 g/mol. The number of nitrogens with one attached hydrogen (secondary N) is 1. The zero-order valence-corrected chi connectivity index (χ0v) is 20.4. The highest BCUT2D eigenvalue weighted by Crippen LogP contribution is 2.71. The smallest absolute Gasteiger partial charge is 0.126 e. The molecule has 4 saturated carbocycles. The van der Waals surface area contributed by atoms with Gasteiger partial charge in [0.2, 0.25) is 0 Å². The van der Waals surface area contributed by atoms with E-state index in [0.717, 1.165) is 23.7 Å². The molecule has 0 amide bonds. The quantitative estimate of drug-likeness (QED) is 0.378. The van der Waals surface area contributed by atoms with E-state index in [-0.39, 0.29) is 11.0 Å². The second-order valence-electron chi connectivity index (χ2n) is 12.7. The fraction of sp³-hybridized carbons (Fsp3) is 0.893. The Labute approximate surface area is 186 Å². The largest absolute Gasteiger partial charge is 0.311 e. The van der Waals surface area contributed by atoms with E-state index in [1.54, 1.807) is 6.08 Å². The van der Waals surface area contributed by atoms with Gasteiger partial charge in [0.1, 0.15) is 6.29 Å². The van der Waals surface area contributed by atoms with Crippen molar-refractivity contribution >= 4 is 6.29 Å². The molecule has 1 saturated heterocycles. The van der Waals surface area contributed by atoms with E-state index < -0.39 is 0 Å². The monoisotopic (exact) mass is 413 g/mol. The van der Waals surface area contributed by atoms with Crippen molar-refractivity contribution in [2.45, 2.75) is 104 Å². The lowest BCUT2D eigenvalue weighted by Gasteiger charge is -2.68. The van der Waals surface area contributed by atoms with Crippen LogP contribution in [0.4, 0.5) is 0 Å². The van der Waals surface area contributed by atoms with E-state index in [4.69, 9.17) is 0 Å². The molecule has 5 fully saturated rings. The number of fused-ring (bicyclic) bond motifs is 7. The molecule has 0 aromatic heterocycles. The van der Waals surface area contributed by atoms with Gasteiger partial charge in [0.15, 0.2) is 0 Å². The summed E-state index contributed by atoms with van der Waals surface area (Å²) < 4.78 is 0. The average Bonchev–Trinajstić information content (AvgIpc) is 3.12. The van der Waals surface area contributed by atoms with Crippen LogP contribution in [0.2, 0.25) is 0 Å². The second kappa shape index (κ2) is 7.75. The van der Waals surface area contributed by atoms with Crippen molar-refractivity contribution in [1.82, 2.24) is 5.32 Å². The highest BCUT2D eigenvalue weighted by Gasteiger charge is 2.65. The number of hydrogen-bond donors (Lipinski definition) is 1. The molecule has 0 aromatic rings. The van der Waals surface area contributed by atoms with E-state index >= 15 is 0 Å². The molecular weight excluding hydrogens is 366 g/mol. The van der Waals surface area contributed by atoms with Crippen LogP contribution in [0.15, 0.2) is 12.7 Å². The van der Waals surface area contributed by atoms with Gasteiger partial charge in [-0.3, -0.25) is 0 Å². The molecule has 5 rings (SSSR count). The summed E-state index contributed by atoms with van der Waals surface area (Å²) in [6.45, 7) is 16.7. The number of hydrogen-bond acceptors (Lipinski definition) is 2. The molecule has 8 atom stereocenters. The molecule has 30 heavy (non-hydrogen) atoms. The molecule has 2 heteroatoms. The molecule has 2 nitrogen and oxygen atoms in total. The van der Waals surface area contributed by atoms with E-state index in [9.17, 15) is 4.79 Å². The van der Waals surface area contributed by atoms with Gasteiger partial charge in [-0.25, -0.2) is 0 Å². The van der Waals surface area contributed by atoms with Crippen LogP contribution >= 0.6 is 0 Å². The fourth-order valence-electron chi connectivity index (χ4n) is 10.1. The molecule has 0 bridgehead atoms. The van der Waals surface area contributed by atoms with E-state index in [0.29, 0.717) is 16.7 Å². The Morgan fingerprint density at radius 2 is 1.57 bits per heavy atom. The molecule has 0 aromatic carbocycles. The van der Waals surface area contributed by atoms with Crippen molar-refractivity contribution in [3.05, 3.63) is 12.7 Å². The fourth-order valence-corrected chi connectivity index (χ4v) is 10.1. The van der Waals surface area contributed by atoms with Crippen molar-refractivity contribution in [3.8, 4) is 0 Å². The van der Waals surface area contributed by atoms with Crippen molar-refractivity contribution in [1.29, 1.82) is 0 Å². The molecule has 4 aliphatic carbocycles. The first-order valence-electron chi connectivity index (χ1n) is 13.0. The van der Waals surface area contributed by atoms with Gasteiger partial charge >= 0.3 is 0 Å². The Morgan fingerprint density at radius 3 is 2.27 bits per heavy atom. The van der Waals surface area contributed by atoms with Crippen LogP contribution in [0.1, 0.15) is 98.8 Å². The first-order chi connectivity index (χ1) is 14.2. The van der Waals surface area contributed by atoms with Gasteiger partial charge < -0.3 is 10.1 Å². The standard InChI is InChI=1S/C25H41NO.C3H6/c1-22(2)20-10-12-23(3)18-9-13-25(16-27)11-5-6-19(25)17(18)7-8-21(23)24(20,4)14-15-26-22;1-3-2/h16-21,26H,5-15H2,1-4H3;3H,1H2,2H3. The Balaban J connectivity index is 0.000000687. The maximum absolute atomic E-state index is 12.1. The molecule has 0 spiro atoms. The second-order valence-corrected chi connectivity index (χ2v) is 12.7. The summed E-state index contributed by atoms with van der Waals surface area (Å²) in [5.41, 5.74) is 1.37. The molecule has 1 N–H and O–H groups in total. The Bertz CT molecular complexity index is 670.